The van der Waals surface area contributed by atoms with Gasteiger partial charge in [-0.1, -0.05) is 27.2 Å². The zero-order chi connectivity index (χ0) is 19.4. The van der Waals surface area contributed by atoms with Crippen molar-refractivity contribution >= 4 is 11.8 Å². The molecule has 5 heteroatoms. The molecular formula is C22H32O5. The van der Waals surface area contributed by atoms with Crippen molar-refractivity contribution in [2.45, 2.75) is 84.5 Å². The lowest BCUT2D eigenvalue weighted by atomic mass is 9.39. The molecule has 1 heterocycles. The highest BCUT2D eigenvalue weighted by Crippen LogP contribution is 2.77. The van der Waals surface area contributed by atoms with Crippen molar-refractivity contribution < 1.29 is 24.2 Å². The van der Waals surface area contributed by atoms with E-state index in [1.807, 2.05) is 0 Å². The van der Waals surface area contributed by atoms with Crippen LogP contribution >= 0.6 is 0 Å². The first-order valence-corrected chi connectivity index (χ1v) is 10.6. The summed E-state index contributed by atoms with van der Waals surface area (Å²) in [7, 11) is 0. The Hall–Kier alpha value is -0.940. The van der Waals surface area contributed by atoms with E-state index in [-0.39, 0.29) is 58.8 Å². The molecule has 150 valence electrons. The SMILES string of the molecule is CC(=O)O[C@H]1CC2C(C)(C)CCC[C@@]2(C)C2CC(=O)[C@@]3(CO)C[C@]21C1OC13. The molecular weight excluding hydrogens is 344 g/mol. The second-order valence-corrected chi connectivity index (χ2v) is 11.0. The lowest BCUT2D eigenvalue weighted by Gasteiger charge is -2.66. The standard InChI is InChI=1S/C22H32O5/c1-12(24)26-16-9-13-19(2,3)6-5-7-20(13,4)14-8-15(25)21(11-23)10-22(14,16)18-17(21)27-18/h13-14,16-18,23H,5-11H2,1-4H3/t13?,14?,16-,17?,18?,20+,21-,22-/m0/s1. The molecule has 0 amide bonds. The van der Waals surface area contributed by atoms with E-state index in [4.69, 9.17) is 9.47 Å². The summed E-state index contributed by atoms with van der Waals surface area (Å²) >= 11 is 0. The van der Waals surface area contributed by atoms with Gasteiger partial charge in [-0.3, -0.25) is 9.59 Å². The number of carbonyl (C=O) groups excluding carboxylic acids is 2. The molecule has 5 fully saturated rings. The molecule has 4 saturated carbocycles. The fourth-order valence-electron chi connectivity index (χ4n) is 8.41. The van der Waals surface area contributed by atoms with Gasteiger partial charge >= 0.3 is 5.97 Å². The average molecular weight is 376 g/mol. The van der Waals surface area contributed by atoms with Gasteiger partial charge in [0.1, 0.15) is 11.9 Å². The Balaban J connectivity index is 1.66. The van der Waals surface area contributed by atoms with Crippen LogP contribution in [0.3, 0.4) is 0 Å². The summed E-state index contributed by atoms with van der Waals surface area (Å²) in [6.07, 6.45) is 5.00. The predicted molar refractivity (Wildman–Crippen MR) is 97.7 cm³/mol. The van der Waals surface area contributed by atoms with Gasteiger partial charge < -0.3 is 14.6 Å². The van der Waals surface area contributed by atoms with Crippen LogP contribution in [-0.2, 0) is 19.1 Å². The first-order chi connectivity index (χ1) is 12.6. The van der Waals surface area contributed by atoms with Crippen molar-refractivity contribution in [2.24, 2.45) is 33.5 Å². The van der Waals surface area contributed by atoms with E-state index in [0.717, 1.165) is 12.8 Å². The van der Waals surface area contributed by atoms with Crippen molar-refractivity contribution in [1.82, 2.24) is 0 Å². The second-order valence-electron chi connectivity index (χ2n) is 11.0. The van der Waals surface area contributed by atoms with Crippen LogP contribution in [0.2, 0.25) is 0 Å². The molecule has 1 spiro atoms. The third-order valence-corrected chi connectivity index (χ3v) is 9.49. The molecule has 8 atom stereocenters. The first-order valence-electron chi connectivity index (χ1n) is 10.6. The molecule has 0 aromatic heterocycles. The van der Waals surface area contributed by atoms with Crippen LogP contribution in [0, 0.1) is 33.5 Å². The van der Waals surface area contributed by atoms with Crippen LogP contribution in [0.5, 0.6) is 0 Å². The van der Waals surface area contributed by atoms with Crippen LogP contribution in [0.1, 0.15) is 66.2 Å². The molecule has 1 saturated heterocycles. The summed E-state index contributed by atoms with van der Waals surface area (Å²) in [4.78, 5) is 25.3. The van der Waals surface area contributed by atoms with Crippen LogP contribution in [0.25, 0.3) is 0 Å². The van der Waals surface area contributed by atoms with E-state index in [0.29, 0.717) is 18.8 Å². The highest BCUT2D eigenvalue weighted by atomic mass is 16.6. The first kappa shape index (κ1) is 18.1. The summed E-state index contributed by atoms with van der Waals surface area (Å²) in [5.74, 6) is 0.506. The van der Waals surface area contributed by atoms with Crippen molar-refractivity contribution in [3.8, 4) is 0 Å². The van der Waals surface area contributed by atoms with Gasteiger partial charge in [0.2, 0.25) is 0 Å². The summed E-state index contributed by atoms with van der Waals surface area (Å²) in [5.41, 5.74) is -0.862. The van der Waals surface area contributed by atoms with Crippen molar-refractivity contribution in [1.29, 1.82) is 0 Å². The Morgan fingerprint density at radius 1 is 1.22 bits per heavy atom. The van der Waals surface area contributed by atoms with E-state index in [2.05, 4.69) is 20.8 Å². The minimum atomic E-state index is -0.771. The molecule has 4 unspecified atom stereocenters. The van der Waals surface area contributed by atoms with Gasteiger partial charge in [-0.15, -0.1) is 0 Å². The lowest BCUT2D eigenvalue weighted by Crippen LogP contribution is -2.65. The number of ketones is 1. The largest absolute Gasteiger partial charge is 0.462 e. The van der Waals surface area contributed by atoms with Gasteiger partial charge in [0.15, 0.2) is 0 Å². The Morgan fingerprint density at radius 3 is 2.63 bits per heavy atom. The monoisotopic (exact) mass is 376 g/mol. The molecule has 0 aromatic rings. The number of epoxide rings is 1. The molecule has 5 rings (SSSR count). The zero-order valence-corrected chi connectivity index (χ0v) is 16.9. The topological polar surface area (TPSA) is 76.1 Å². The summed E-state index contributed by atoms with van der Waals surface area (Å²) in [6.45, 7) is 8.39. The summed E-state index contributed by atoms with van der Waals surface area (Å²) in [5, 5.41) is 10.2. The maximum absolute atomic E-state index is 13.3. The third-order valence-electron chi connectivity index (χ3n) is 9.49. The number of ether oxygens (including phenoxy) is 2. The number of rotatable bonds is 2. The molecule has 2 bridgehead atoms. The highest BCUT2D eigenvalue weighted by molar-refractivity contribution is 5.89. The fraction of sp³-hybridized carbons (Fsp3) is 0.909. The smallest absolute Gasteiger partial charge is 0.302 e. The normalized spacial score (nSPS) is 54.6. The molecule has 0 radical (unpaired) electrons. The van der Waals surface area contributed by atoms with Crippen molar-refractivity contribution in [2.75, 3.05) is 6.61 Å². The summed E-state index contributed by atoms with van der Waals surface area (Å²) < 4.78 is 12.0. The second kappa shape index (κ2) is 5.15. The maximum atomic E-state index is 13.3. The zero-order valence-electron chi connectivity index (χ0n) is 16.9. The van der Waals surface area contributed by atoms with Gasteiger partial charge in [0.25, 0.3) is 0 Å². The number of hydrogen-bond donors (Lipinski definition) is 1. The van der Waals surface area contributed by atoms with Gasteiger partial charge in [0, 0.05) is 18.8 Å². The molecule has 1 N–H and O–H groups in total. The van der Waals surface area contributed by atoms with Crippen molar-refractivity contribution in [3.05, 3.63) is 0 Å². The predicted octanol–water partition coefficient (Wildman–Crippen LogP) is 2.88. The van der Waals surface area contributed by atoms with E-state index in [1.165, 1.54) is 19.8 Å². The van der Waals surface area contributed by atoms with E-state index in [1.54, 1.807) is 0 Å². The molecule has 5 aliphatic rings. The van der Waals surface area contributed by atoms with Gasteiger partial charge in [-0.05, 0) is 48.3 Å². The summed E-state index contributed by atoms with van der Waals surface area (Å²) in [6, 6.07) is 0. The number of aliphatic hydroxyl groups is 1. The fourth-order valence-corrected chi connectivity index (χ4v) is 8.41. The quantitative estimate of drug-likeness (QED) is 0.592. The Labute approximate surface area is 161 Å². The van der Waals surface area contributed by atoms with E-state index < -0.39 is 5.41 Å². The highest BCUT2D eigenvalue weighted by Gasteiger charge is 2.83. The van der Waals surface area contributed by atoms with E-state index >= 15 is 0 Å². The van der Waals surface area contributed by atoms with Gasteiger partial charge in [-0.2, -0.15) is 0 Å². The number of Topliss-reactive ketones (excluding diaryl/α,β-unsaturated/α-hetero) is 1. The molecule has 0 aromatic carbocycles. The average Bonchev–Trinajstić information content (AvgIpc) is 3.34. The molecule has 5 nitrogen and oxygen atoms in total. The Kier molecular flexibility index (Phi) is 3.46. The van der Waals surface area contributed by atoms with Crippen LogP contribution in [-0.4, -0.2) is 41.8 Å². The number of fused-ring (bicyclic) bond motifs is 5. The lowest BCUT2D eigenvalue weighted by molar-refractivity contribution is -0.229. The number of esters is 1. The Bertz CT molecular complexity index is 715. The molecule has 27 heavy (non-hydrogen) atoms. The van der Waals surface area contributed by atoms with E-state index in [9.17, 15) is 14.7 Å². The Morgan fingerprint density at radius 2 is 1.96 bits per heavy atom. The van der Waals surface area contributed by atoms with Crippen LogP contribution < -0.4 is 0 Å². The number of hydrogen-bond acceptors (Lipinski definition) is 5. The van der Waals surface area contributed by atoms with Crippen LogP contribution in [0.4, 0.5) is 0 Å². The van der Waals surface area contributed by atoms with Gasteiger partial charge in [0.05, 0.1) is 24.2 Å². The number of carbonyl (C=O) groups is 2. The van der Waals surface area contributed by atoms with Gasteiger partial charge in [-0.25, -0.2) is 0 Å². The minimum Gasteiger partial charge on any atom is -0.462 e. The minimum absolute atomic E-state index is 0.0479. The molecule has 1 aliphatic heterocycles. The number of aliphatic hydroxyl groups excluding tert-OH is 1. The van der Waals surface area contributed by atoms with Crippen molar-refractivity contribution in [3.63, 3.8) is 0 Å². The molecule has 4 aliphatic carbocycles. The third kappa shape index (κ3) is 1.98. The maximum Gasteiger partial charge on any atom is 0.302 e. The van der Waals surface area contributed by atoms with Crippen LogP contribution in [0.15, 0.2) is 0 Å².